The zero-order valence-corrected chi connectivity index (χ0v) is 13.1. The van der Waals surface area contributed by atoms with E-state index in [1.165, 1.54) is 9.75 Å². The third-order valence-corrected chi connectivity index (χ3v) is 4.41. The summed E-state index contributed by atoms with van der Waals surface area (Å²) in [6.45, 7) is 6.10. The van der Waals surface area contributed by atoms with Gasteiger partial charge in [0.2, 0.25) is 0 Å². The summed E-state index contributed by atoms with van der Waals surface area (Å²) >= 11 is 1.72. The molecule has 0 saturated carbocycles. The van der Waals surface area contributed by atoms with Crippen LogP contribution in [-0.4, -0.2) is 13.0 Å². The van der Waals surface area contributed by atoms with Crippen LogP contribution in [0.5, 0.6) is 0 Å². The SMILES string of the molecule is CNc1cc(C)ccc1C(=O)NC(C)c1ccc(C)s1. The number of anilines is 1. The minimum atomic E-state index is -0.0482. The van der Waals surface area contributed by atoms with E-state index in [1.807, 2.05) is 39.1 Å². The van der Waals surface area contributed by atoms with E-state index in [0.717, 1.165) is 11.3 Å². The highest BCUT2D eigenvalue weighted by Gasteiger charge is 2.15. The van der Waals surface area contributed by atoms with E-state index in [1.54, 1.807) is 11.3 Å². The highest BCUT2D eigenvalue weighted by Crippen LogP contribution is 2.23. The Morgan fingerprint density at radius 2 is 1.95 bits per heavy atom. The second-order valence-corrected chi connectivity index (χ2v) is 6.26. The van der Waals surface area contributed by atoms with Gasteiger partial charge < -0.3 is 10.6 Å². The summed E-state index contributed by atoms with van der Waals surface area (Å²) in [5.74, 6) is -0.0482. The molecular formula is C16H20N2OS. The average molecular weight is 288 g/mol. The first kappa shape index (κ1) is 14.6. The molecule has 1 amide bonds. The summed E-state index contributed by atoms with van der Waals surface area (Å²) in [5.41, 5.74) is 2.67. The Bertz CT molecular complexity index is 619. The number of rotatable bonds is 4. The van der Waals surface area contributed by atoms with E-state index in [0.29, 0.717) is 5.56 Å². The topological polar surface area (TPSA) is 41.1 Å². The molecule has 0 fully saturated rings. The third kappa shape index (κ3) is 3.20. The van der Waals surface area contributed by atoms with Crippen molar-refractivity contribution >= 4 is 22.9 Å². The number of nitrogens with one attached hydrogen (secondary N) is 2. The Morgan fingerprint density at radius 3 is 2.55 bits per heavy atom. The lowest BCUT2D eigenvalue weighted by atomic mass is 10.1. The minimum Gasteiger partial charge on any atom is -0.387 e. The van der Waals surface area contributed by atoms with E-state index in [-0.39, 0.29) is 11.9 Å². The molecule has 0 radical (unpaired) electrons. The van der Waals surface area contributed by atoms with Gasteiger partial charge in [0.25, 0.3) is 5.91 Å². The maximum absolute atomic E-state index is 12.4. The van der Waals surface area contributed by atoms with Crippen molar-refractivity contribution in [3.63, 3.8) is 0 Å². The van der Waals surface area contributed by atoms with Crippen molar-refractivity contribution < 1.29 is 4.79 Å². The molecule has 0 spiro atoms. The summed E-state index contributed by atoms with van der Waals surface area (Å²) in [5, 5.41) is 6.13. The Balaban J connectivity index is 2.16. The van der Waals surface area contributed by atoms with Crippen LogP contribution in [0.4, 0.5) is 5.69 Å². The zero-order valence-electron chi connectivity index (χ0n) is 12.3. The summed E-state index contributed by atoms with van der Waals surface area (Å²) < 4.78 is 0. The van der Waals surface area contributed by atoms with Gasteiger partial charge >= 0.3 is 0 Å². The normalized spacial score (nSPS) is 12.0. The summed E-state index contributed by atoms with van der Waals surface area (Å²) in [7, 11) is 1.83. The number of benzene rings is 1. The fourth-order valence-electron chi connectivity index (χ4n) is 2.09. The molecule has 106 valence electrons. The van der Waals surface area contributed by atoms with Gasteiger partial charge in [-0.2, -0.15) is 0 Å². The molecule has 1 unspecified atom stereocenters. The molecule has 1 heterocycles. The first-order valence-corrected chi connectivity index (χ1v) is 7.48. The summed E-state index contributed by atoms with van der Waals surface area (Å²) in [4.78, 5) is 14.8. The van der Waals surface area contributed by atoms with Crippen molar-refractivity contribution in [1.82, 2.24) is 5.32 Å². The molecular weight excluding hydrogens is 268 g/mol. The largest absolute Gasteiger partial charge is 0.387 e. The van der Waals surface area contributed by atoms with Crippen LogP contribution in [0, 0.1) is 13.8 Å². The third-order valence-electron chi connectivity index (χ3n) is 3.22. The second-order valence-electron chi connectivity index (χ2n) is 4.94. The lowest BCUT2D eigenvalue weighted by Gasteiger charge is -2.15. The van der Waals surface area contributed by atoms with Gasteiger partial charge in [-0.05, 0) is 50.6 Å². The van der Waals surface area contributed by atoms with Crippen molar-refractivity contribution in [3.05, 3.63) is 51.2 Å². The predicted octanol–water partition coefficient (Wildman–Crippen LogP) is 3.90. The highest BCUT2D eigenvalue weighted by molar-refractivity contribution is 7.12. The van der Waals surface area contributed by atoms with Gasteiger partial charge in [-0.15, -0.1) is 11.3 Å². The molecule has 0 aliphatic heterocycles. The lowest BCUT2D eigenvalue weighted by Crippen LogP contribution is -2.26. The number of aryl methyl sites for hydroxylation is 2. The molecule has 1 aromatic carbocycles. The van der Waals surface area contributed by atoms with Crippen LogP contribution in [0.15, 0.2) is 30.3 Å². The number of carbonyl (C=O) groups is 1. The molecule has 1 atom stereocenters. The van der Waals surface area contributed by atoms with Crippen molar-refractivity contribution in [2.75, 3.05) is 12.4 Å². The van der Waals surface area contributed by atoms with E-state index < -0.39 is 0 Å². The predicted molar refractivity (Wildman–Crippen MR) is 85.7 cm³/mol. The monoisotopic (exact) mass is 288 g/mol. The summed E-state index contributed by atoms with van der Waals surface area (Å²) in [6, 6.07) is 9.97. The smallest absolute Gasteiger partial charge is 0.253 e. The van der Waals surface area contributed by atoms with E-state index in [9.17, 15) is 4.79 Å². The van der Waals surface area contributed by atoms with E-state index >= 15 is 0 Å². The number of amides is 1. The zero-order chi connectivity index (χ0) is 14.7. The van der Waals surface area contributed by atoms with Gasteiger partial charge in [-0.25, -0.2) is 0 Å². The van der Waals surface area contributed by atoms with Gasteiger partial charge in [-0.1, -0.05) is 6.07 Å². The maximum Gasteiger partial charge on any atom is 0.253 e. The van der Waals surface area contributed by atoms with Crippen LogP contribution in [0.25, 0.3) is 0 Å². The number of hydrogen-bond donors (Lipinski definition) is 2. The highest BCUT2D eigenvalue weighted by atomic mass is 32.1. The molecule has 2 rings (SSSR count). The van der Waals surface area contributed by atoms with Crippen LogP contribution in [-0.2, 0) is 0 Å². The van der Waals surface area contributed by atoms with Crippen molar-refractivity contribution in [3.8, 4) is 0 Å². The van der Waals surface area contributed by atoms with E-state index in [4.69, 9.17) is 0 Å². The molecule has 0 bridgehead atoms. The Hall–Kier alpha value is -1.81. The van der Waals surface area contributed by atoms with Gasteiger partial charge in [-0.3, -0.25) is 4.79 Å². The Labute approximate surface area is 124 Å². The van der Waals surface area contributed by atoms with Crippen LogP contribution in [0.1, 0.15) is 38.6 Å². The van der Waals surface area contributed by atoms with Crippen LogP contribution in [0.2, 0.25) is 0 Å². The minimum absolute atomic E-state index is 0.0206. The molecule has 0 aliphatic rings. The first-order valence-electron chi connectivity index (χ1n) is 6.67. The fraction of sp³-hybridized carbons (Fsp3) is 0.312. The van der Waals surface area contributed by atoms with Gasteiger partial charge in [0, 0.05) is 22.5 Å². The van der Waals surface area contributed by atoms with Crippen molar-refractivity contribution in [2.45, 2.75) is 26.8 Å². The standard InChI is InChI=1S/C16H20N2OS/c1-10-5-7-13(14(9-10)17-4)16(19)18-12(3)15-8-6-11(2)20-15/h5-9,12,17H,1-4H3,(H,18,19). The molecule has 20 heavy (non-hydrogen) atoms. The Kier molecular flexibility index (Phi) is 4.45. The Morgan fingerprint density at radius 1 is 1.20 bits per heavy atom. The van der Waals surface area contributed by atoms with Crippen molar-refractivity contribution in [1.29, 1.82) is 0 Å². The molecule has 4 heteroatoms. The molecule has 2 N–H and O–H groups in total. The average Bonchev–Trinajstić information content (AvgIpc) is 2.85. The van der Waals surface area contributed by atoms with Crippen LogP contribution >= 0.6 is 11.3 Å². The lowest BCUT2D eigenvalue weighted by molar-refractivity contribution is 0.0941. The quantitative estimate of drug-likeness (QED) is 0.896. The number of thiophene rings is 1. The number of hydrogen-bond acceptors (Lipinski definition) is 3. The molecule has 0 aliphatic carbocycles. The first-order chi connectivity index (χ1) is 9.51. The summed E-state index contributed by atoms with van der Waals surface area (Å²) in [6.07, 6.45) is 0. The van der Waals surface area contributed by atoms with Gasteiger partial charge in [0.05, 0.1) is 11.6 Å². The molecule has 1 aromatic heterocycles. The maximum atomic E-state index is 12.4. The molecule has 0 saturated heterocycles. The van der Waals surface area contributed by atoms with Crippen LogP contribution in [0.3, 0.4) is 0 Å². The number of carbonyl (C=O) groups excluding carboxylic acids is 1. The second kappa shape index (κ2) is 6.09. The van der Waals surface area contributed by atoms with Gasteiger partial charge in [0.1, 0.15) is 0 Å². The molecule has 2 aromatic rings. The molecule has 3 nitrogen and oxygen atoms in total. The van der Waals surface area contributed by atoms with Crippen LogP contribution < -0.4 is 10.6 Å². The fourth-order valence-corrected chi connectivity index (χ4v) is 2.97. The van der Waals surface area contributed by atoms with E-state index in [2.05, 4.69) is 29.7 Å². The van der Waals surface area contributed by atoms with Crippen molar-refractivity contribution in [2.24, 2.45) is 0 Å². The van der Waals surface area contributed by atoms with Gasteiger partial charge in [0.15, 0.2) is 0 Å².